The van der Waals surface area contributed by atoms with Gasteiger partial charge in [0.1, 0.15) is 12.2 Å². The smallest absolute Gasteiger partial charge is 0.309 e. The first-order valence-electron chi connectivity index (χ1n) is 3.77. The zero-order chi connectivity index (χ0) is 10.8. The Morgan fingerprint density at radius 3 is 2.57 bits per heavy atom. The molecule has 0 heterocycles. The van der Waals surface area contributed by atoms with Gasteiger partial charge in [0.2, 0.25) is 0 Å². The predicted molar refractivity (Wildman–Crippen MR) is 42.5 cm³/mol. The van der Waals surface area contributed by atoms with Gasteiger partial charge in [-0.2, -0.15) is 0 Å². The lowest BCUT2D eigenvalue weighted by atomic mass is 10.1. The van der Waals surface area contributed by atoms with Crippen molar-refractivity contribution in [3.05, 3.63) is 35.6 Å². The van der Waals surface area contributed by atoms with Crippen LogP contribution in [0.1, 0.15) is 12.0 Å². The largest absolute Gasteiger partial charge is 0.481 e. The molecule has 0 unspecified atom stereocenters. The van der Waals surface area contributed by atoms with Crippen LogP contribution in [0.3, 0.4) is 0 Å². The molecule has 0 spiro atoms. The number of carbonyl (C=O) groups is 1. The molecule has 0 aromatic heterocycles. The van der Waals surface area contributed by atoms with Crippen molar-refractivity contribution in [1.29, 1.82) is 0 Å². The summed E-state index contributed by atoms with van der Waals surface area (Å²) in [4.78, 5) is 10.1. The number of rotatable bonds is 3. The molecule has 5 heteroatoms. The van der Waals surface area contributed by atoms with Gasteiger partial charge in [-0.3, -0.25) is 4.79 Å². The Kier molecular flexibility index (Phi) is 2.78. The van der Waals surface area contributed by atoms with Crippen molar-refractivity contribution >= 4 is 5.97 Å². The van der Waals surface area contributed by atoms with Gasteiger partial charge in [-0.1, -0.05) is 12.1 Å². The van der Waals surface area contributed by atoms with Crippen LogP contribution in [0.2, 0.25) is 0 Å². The standard InChI is InChI=1S/C9H7F3O2/c10-7-3-1-2-6(4-7)9(11,12)5-8(13)14/h1-4H,5H2,(H,13,14). The molecule has 1 N–H and O–H groups in total. The number of hydrogen-bond donors (Lipinski definition) is 1. The lowest BCUT2D eigenvalue weighted by Crippen LogP contribution is -2.18. The van der Waals surface area contributed by atoms with Crippen LogP contribution in [0.15, 0.2) is 24.3 Å². The topological polar surface area (TPSA) is 37.3 Å². The average molecular weight is 204 g/mol. The van der Waals surface area contributed by atoms with Crippen molar-refractivity contribution < 1.29 is 23.1 Å². The van der Waals surface area contributed by atoms with Gasteiger partial charge in [0, 0.05) is 5.56 Å². The molecular formula is C9H7F3O2. The van der Waals surface area contributed by atoms with Gasteiger partial charge in [0.05, 0.1) is 0 Å². The number of benzene rings is 1. The van der Waals surface area contributed by atoms with Gasteiger partial charge in [-0.15, -0.1) is 0 Å². The minimum atomic E-state index is -3.53. The first-order chi connectivity index (χ1) is 6.42. The Bertz CT molecular complexity index is 350. The summed E-state index contributed by atoms with van der Waals surface area (Å²) in [6.07, 6.45) is -1.34. The first kappa shape index (κ1) is 10.6. The molecule has 0 fully saturated rings. The van der Waals surface area contributed by atoms with E-state index in [9.17, 15) is 18.0 Å². The van der Waals surface area contributed by atoms with E-state index in [1.54, 1.807) is 0 Å². The summed E-state index contributed by atoms with van der Waals surface area (Å²) in [6, 6.07) is 3.75. The van der Waals surface area contributed by atoms with Crippen LogP contribution in [0.5, 0.6) is 0 Å². The SMILES string of the molecule is O=C(O)CC(F)(F)c1cccc(F)c1. The summed E-state index contributed by atoms with van der Waals surface area (Å²) >= 11 is 0. The van der Waals surface area contributed by atoms with Gasteiger partial charge < -0.3 is 5.11 Å². The van der Waals surface area contributed by atoms with Crippen LogP contribution in [-0.4, -0.2) is 11.1 Å². The van der Waals surface area contributed by atoms with E-state index in [1.165, 1.54) is 0 Å². The highest BCUT2D eigenvalue weighted by Crippen LogP contribution is 2.31. The third kappa shape index (κ3) is 2.48. The lowest BCUT2D eigenvalue weighted by molar-refractivity contribution is -0.145. The third-order valence-corrected chi connectivity index (χ3v) is 1.62. The van der Waals surface area contributed by atoms with Crippen LogP contribution in [0, 0.1) is 5.82 Å². The minimum absolute atomic E-state index is 0.625. The summed E-state index contributed by atoms with van der Waals surface area (Å²) in [5, 5.41) is 8.21. The number of aliphatic carboxylic acids is 1. The zero-order valence-corrected chi connectivity index (χ0v) is 7.01. The maximum atomic E-state index is 13.0. The maximum Gasteiger partial charge on any atom is 0.309 e. The Balaban J connectivity index is 2.97. The minimum Gasteiger partial charge on any atom is -0.481 e. The Morgan fingerprint density at radius 1 is 1.43 bits per heavy atom. The summed E-state index contributed by atoms with van der Waals surface area (Å²) in [5.41, 5.74) is -0.625. The Hall–Kier alpha value is -1.52. The summed E-state index contributed by atoms with van der Waals surface area (Å²) in [7, 11) is 0. The fraction of sp³-hybridized carbons (Fsp3) is 0.222. The molecule has 0 aliphatic heterocycles. The third-order valence-electron chi connectivity index (χ3n) is 1.62. The molecule has 2 nitrogen and oxygen atoms in total. The second-order valence-corrected chi connectivity index (χ2v) is 2.79. The quantitative estimate of drug-likeness (QED) is 0.820. The molecule has 0 saturated heterocycles. The molecular weight excluding hydrogens is 197 g/mol. The van der Waals surface area contributed by atoms with Crippen LogP contribution in [-0.2, 0) is 10.7 Å². The van der Waals surface area contributed by atoms with Crippen LogP contribution >= 0.6 is 0 Å². The van der Waals surface area contributed by atoms with Crippen LogP contribution < -0.4 is 0 Å². The normalized spacial score (nSPS) is 11.4. The zero-order valence-electron chi connectivity index (χ0n) is 7.01. The number of carboxylic acid groups (broad SMARTS) is 1. The molecule has 0 bridgehead atoms. The summed E-state index contributed by atoms with van der Waals surface area (Å²) < 4.78 is 38.6. The van der Waals surface area contributed by atoms with Gasteiger partial charge in [-0.05, 0) is 12.1 Å². The molecule has 1 rings (SSSR count). The van der Waals surface area contributed by atoms with Crippen LogP contribution in [0.25, 0.3) is 0 Å². The van der Waals surface area contributed by atoms with Gasteiger partial charge in [0.25, 0.3) is 5.92 Å². The van der Waals surface area contributed by atoms with Crippen molar-refractivity contribution in [2.75, 3.05) is 0 Å². The number of hydrogen-bond acceptors (Lipinski definition) is 1. The molecule has 0 saturated carbocycles. The fourth-order valence-electron chi connectivity index (χ4n) is 1.01. The molecule has 0 amide bonds. The van der Waals surface area contributed by atoms with E-state index in [0.29, 0.717) is 6.07 Å². The monoisotopic (exact) mass is 204 g/mol. The Morgan fingerprint density at radius 2 is 2.07 bits per heavy atom. The molecule has 14 heavy (non-hydrogen) atoms. The summed E-state index contributed by atoms with van der Waals surface area (Å²) in [6.45, 7) is 0. The van der Waals surface area contributed by atoms with Crippen molar-refractivity contribution in [3.8, 4) is 0 Å². The number of halogens is 3. The molecule has 1 aromatic rings. The lowest BCUT2D eigenvalue weighted by Gasteiger charge is -2.13. The fourth-order valence-corrected chi connectivity index (χ4v) is 1.01. The van der Waals surface area contributed by atoms with E-state index in [1.807, 2.05) is 0 Å². The molecule has 0 atom stereocenters. The van der Waals surface area contributed by atoms with E-state index in [0.717, 1.165) is 18.2 Å². The van der Waals surface area contributed by atoms with Crippen molar-refractivity contribution in [2.24, 2.45) is 0 Å². The second kappa shape index (κ2) is 3.69. The number of carboxylic acids is 1. The average Bonchev–Trinajstić information content (AvgIpc) is 2.01. The van der Waals surface area contributed by atoms with E-state index in [-0.39, 0.29) is 0 Å². The van der Waals surface area contributed by atoms with E-state index in [4.69, 9.17) is 5.11 Å². The molecule has 1 aromatic carbocycles. The molecule has 0 aliphatic rings. The van der Waals surface area contributed by atoms with E-state index >= 15 is 0 Å². The Labute approximate surface area is 78.0 Å². The first-order valence-corrected chi connectivity index (χ1v) is 3.77. The predicted octanol–water partition coefficient (Wildman–Crippen LogP) is 2.39. The van der Waals surface area contributed by atoms with Crippen molar-refractivity contribution in [1.82, 2.24) is 0 Å². The molecule has 0 radical (unpaired) electrons. The second-order valence-electron chi connectivity index (χ2n) is 2.79. The van der Waals surface area contributed by atoms with Gasteiger partial charge in [-0.25, -0.2) is 13.2 Å². The van der Waals surface area contributed by atoms with Gasteiger partial charge in [0.15, 0.2) is 0 Å². The van der Waals surface area contributed by atoms with E-state index < -0.39 is 29.7 Å². The van der Waals surface area contributed by atoms with E-state index in [2.05, 4.69) is 0 Å². The highest BCUT2D eigenvalue weighted by molar-refractivity contribution is 5.68. The number of alkyl halides is 2. The maximum absolute atomic E-state index is 13.0. The molecule has 76 valence electrons. The highest BCUT2D eigenvalue weighted by Gasteiger charge is 2.34. The highest BCUT2D eigenvalue weighted by atomic mass is 19.3. The molecule has 0 aliphatic carbocycles. The van der Waals surface area contributed by atoms with Crippen LogP contribution in [0.4, 0.5) is 13.2 Å². The summed E-state index contributed by atoms with van der Waals surface area (Å²) in [5.74, 6) is -5.97. The van der Waals surface area contributed by atoms with Crippen molar-refractivity contribution in [2.45, 2.75) is 12.3 Å². The van der Waals surface area contributed by atoms with Crippen molar-refractivity contribution in [3.63, 3.8) is 0 Å². The van der Waals surface area contributed by atoms with Gasteiger partial charge >= 0.3 is 5.97 Å².